The lowest BCUT2D eigenvalue weighted by Crippen LogP contribution is -2.26. The Balaban J connectivity index is 1.90. The van der Waals surface area contributed by atoms with Crippen molar-refractivity contribution in [3.63, 3.8) is 0 Å². The lowest BCUT2D eigenvalue weighted by Gasteiger charge is -2.10. The van der Waals surface area contributed by atoms with Gasteiger partial charge in [-0.2, -0.15) is 0 Å². The summed E-state index contributed by atoms with van der Waals surface area (Å²) in [4.78, 5) is 20.8. The minimum atomic E-state index is -0.151. The SMILES string of the molecule is CCCCCNC(=O)c1cc(NCCc2cccc(OC)c2)nc(C)n1. The van der Waals surface area contributed by atoms with E-state index < -0.39 is 0 Å². The maximum atomic E-state index is 12.2. The van der Waals surface area contributed by atoms with Crippen molar-refractivity contribution in [3.8, 4) is 5.75 Å². The molecule has 2 aromatic rings. The van der Waals surface area contributed by atoms with Crippen molar-refractivity contribution >= 4 is 11.7 Å². The number of methoxy groups -OCH3 is 1. The van der Waals surface area contributed by atoms with Gasteiger partial charge in [0.1, 0.15) is 23.1 Å². The number of nitrogens with one attached hydrogen (secondary N) is 2. The van der Waals surface area contributed by atoms with Gasteiger partial charge in [-0.25, -0.2) is 9.97 Å². The zero-order valence-electron chi connectivity index (χ0n) is 15.8. The second-order valence-corrected chi connectivity index (χ2v) is 6.18. The third-order valence-electron chi connectivity index (χ3n) is 3.99. The van der Waals surface area contributed by atoms with Crippen molar-refractivity contribution in [1.82, 2.24) is 15.3 Å². The van der Waals surface area contributed by atoms with Crippen LogP contribution in [0, 0.1) is 6.92 Å². The van der Waals surface area contributed by atoms with Gasteiger partial charge in [-0.1, -0.05) is 31.9 Å². The number of aryl methyl sites for hydroxylation is 1. The van der Waals surface area contributed by atoms with Crippen LogP contribution in [-0.2, 0) is 6.42 Å². The fourth-order valence-corrected chi connectivity index (χ4v) is 2.60. The van der Waals surface area contributed by atoms with Gasteiger partial charge in [-0.15, -0.1) is 0 Å². The molecule has 6 heteroatoms. The van der Waals surface area contributed by atoms with E-state index in [2.05, 4.69) is 33.6 Å². The number of carbonyl (C=O) groups excluding carboxylic acids is 1. The second kappa shape index (κ2) is 10.4. The second-order valence-electron chi connectivity index (χ2n) is 6.18. The van der Waals surface area contributed by atoms with Crippen molar-refractivity contribution < 1.29 is 9.53 Å². The molecule has 140 valence electrons. The van der Waals surface area contributed by atoms with Crippen LogP contribution >= 0.6 is 0 Å². The van der Waals surface area contributed by atoms with Gasteiger partial charge >= 0.3 is 0 Å². The lowest BCUT2D eigenvalue weighted by molar-refractivity contribution is 0.0947. The van der Waals surface area contributed by atoms with Crippen LogP contribution in [0.1, 0.15) is 48.1 Å². The number of anilines is 1. The Bertz CT molecular complexity index is 719. The highest BCUT2D eigenvalue weighted by atomic mass is 16.5. The molecular weight excluding hydrogens is 328 g/mol. The number of aromatic nitrogens is 2. The van der Waals surface area contributed by atoms with Crippen molar-refractivity contribution in [2.75, 3.05) is 25.5 Å². The number of rotatable bonds is 10. The molecule has 0 bridgehead atoms. The summed E-state index contributed by atoms with van der Waals surface area (Å²) in [5.41, 5.74) is 1.58. The Morgan fingerprint density at radius 2 is 2.00 bits per heavy atom. The fourth-order valence-electron chi connectivity index (χ4n) is 2.60. The third-order valence-corrected chi connectivity index (χ3v) is 3.99. The summed E-state index contributed by atoms with van der Waals surface area (Å²) in [6.45, 7) is 5.32. The molecule has 0 radical (unpaired) electrons. The van der Waals surface area contributed by atoms with E-state index >= 15 is 0 Å². The summed E-state index contributed by atoms with van der Waals surface area (Å²) < 4.78 is 5.24. The van der Waals surface area contributed by atoms with Crippen LogP contribution in [0.3, 0.4) is 0 Å². The number of hydrogen-bond acceptors (Lipinski definition) is 5. The van der Waals surface area contributed by atoms with E-state index in [9.17, 15) is 4.79 Å². The van der Waals surface area contributed by atoms with Gasteiger partial charge in [0.25, 0.3) is 5.91 Å². The molecule has 0 unspecified atom stereocenters. The predicted molar refractivity (Wildman–Crippen MR) is 104 cm³/mol. The van der Waals surface area contributed by atoms with Crippen LogP contribution in [0.4, 0.5) is 5.82 Å². The van der Waals surface area contributed by atoms with Gasteiger partial charge in [-0.05, 0) is 37.5 Å². The molecule has 1 aromatic heterocycles. The van der Waals surface area contributed by atoms with Gasteiger partial charge in [0.05, 0.1) is 7.11 Å². The lowest BCUT2D eigenvalue weighted by atomic mass is 10.1. The van der Waals surface area contributed by atoms with Gasteiger partial charge in [-0.3, -0.25) is 4.79 Å². The van der Waals surface area contributed by atoms with E-state index in [-0.39, 0.29) is 5.91 Å². The van der Waals surface area contributed by atoms with Gasteiger partial charge in [0.2, 0.25) is 0 Å². The van der Waals surface area contributed by atoms with Crippen LogP contribution in [0.15, 0.2) is 30.3 Å². The minimum absolute atomic E-state index is 0.151. The summed E-state index contributed by atoms with van der Waals surface area (Å²) in [5.74, 6) is 1.94. The quantitative estimate of drug-likeness (QED) is 0.638. The van der Waals surface area contributed by atoms with Crippen molar-refractivity contribution in [1.29, 1.82) is 0 Å². The average Bonchev–Trinajstić information content (AvgIpc) is 2.65. The molecule has 0 fully saturated rings. The summed E-state index contributed by atoms with van der Waals surface area (Å²) in [5, 5.41) is 6.18. The molecule has 1 amide bonds. The van der Waals surface area contributed by atoms with Crippen LogP contribution in [0.5, 0.6) is 5.75 Å². The molecule has 26 heavy (non-hydrogen) atoms. The van der Waals surface area contributed by atoms with E-state index in [1.54, 1.807) is 20.1 Å². The Morgan fingerprint density at radius 1 is 1.15 bits per heavy atom. The standard InChI is InChI=1S/C20H28N4O2/c1-4-5-6-11-22-20(25)18-14-19(24-15(2)23-18)21-12-10-16-8-7-9-17(13-16)26-3/h7-9,13-14H,4-6,10-12H2,1-3H3,(H,22,25)(H,21,23,24). The first-order chi connectivity index (χ1) is 12.6. The van der Waals surface area contributed by atoms with Crippen molar-refractivity contribution in [2.45, 2.75) is 39.5 Å². The molecule has 0 aliphatic carbocycles. The molecule has 2 rings (SSSR count). The predicted octanol–water partition coefficient (Wildman–Crippen LogP) is 3.37. The molecular formula is C20H28N4O2. The third kappa shape index (κ3) is 6.35. The van der Waals surface area contributed by atoms with E-state index in [4.69, 9.17) is 4.74 Å². The van der Waals surface area contributed by atoms with Crippen LogP contribution in [-0.4, -0.2) is 36.1 Å². The zero-order valence-corrected chi connectivity index (χ0v) is 15.8. The minimum Gasteiger partial charge on any atom is -0.497 e. The Labute approximate surface area is 155 Å². The Kier molecular flexibility index (Phi) is 7.86. The normalized spacial score (nSPS) is 10.4. The summed E-state index contributed by atoms with van der Waals surface area (Å²) in [6.07, 6.45) is 4.06. The summed E-state index contributed by atoms with van der Waals surface area (Å²) >= 11 is 0. The molecule has 0 atom stereocenters. The maximum absolute atomic E-state index is 12.2. The number of hydrogen-bond donors (Lipinski definition) is 2. The largest absolute Gasteiger partial charge is 0.497 e. The van der Waals surface area contributed by atoms with Crippen LogP contribution in [0.25, 0.3) is 0 Å². The molecule has 0 aliphatic rings. The summed E-state index contributed by atoms with van der Waals surface area (Å²) in [6, 6.07) is 9.68. The Morgan fingerprint density at radius 3 is 2.77 bits per heavy atom. The number of unbranched alkanes of at least 4 members (excludes halogenated alkanes) is 2. The zero-order chi connectivity index (χ0) is 18.8. The van der Waals surface area contributed by atoms with Crippen molar-refractivity contribution in [2.24, 2.45) is 0 Å². The number of nitrogens with zero attached hydrogens (tertiary/aromatic N) is 2. The number of ether oxygens (including phenoxy) is 1. The smallest absolute Gasteiger partial charge is 0.270 e. The molecule has 0 aliphatic heterocycles. The van der Waals surface area contributed by atoms with E-state index in [0.29, 0.717) is 30.4 Å². The molecule has 1 aromatic carbocycles. The van der Waals surface area contributed by atoms with Crippen LogP contribution < -0.4 is 15.4 Å². The highest BCUT2D eigenvalue weighted by Crippen LogP contribution is 2.13. The highest BCUT2D eigenvalue weighted by Gasteiger charge is 2.10. The maximum Gasteiger partial charge on any atom is 0.270 e. The monoisotopic (exact) mass is 356 g/mol. The molecule has 2 N–H and O–H groups in total. The molecule has 1 heterocycles. The first-order valence-electron chi connectivity index (χ1n) is 9.13. The number of benzene rings is 1. The van der Waals surface area contributed by atoms with Gasteiger partial charge in [0, 0.05) is 19.2 Å². The molecule has 0 saturated heterocycles. The van der Waals surface area contributed by atoms with E-state index in [0.717, 1.165) is 31.4 Å². The first kappa shape index (κ1) is 19.7. The first-order valence-corrected chi connectivity index (χ1v) is 9.13. The number of carbonyl (C=O) groups is 1. The van der Waals surface area contributed by atoms with E-state index in [1.807, 2.05) is 18.2 Å². The highest BCUT2D eigenvalue weighted by molar-refractivity contribution is 5.92. The number of amides is 1. The van der Waals surface area contributed by atoms with E-state index in [1.165, 1.54) is 5.56 Å². The van der Waals surface area contributed by atoms with Crippen LogP contribution in [0.2, 0.25) is 0 Å². The molecule has 0 spiro atoms. The Hall–Kier alpha value is -2.63. The molecule has 0 saturated carbocycles. The fraction of sp³-hybridized carbons (Fsp3) is 0.450. The van der Waals surface area contributed by atoms with Crippen molar-refractivity contribution in [3.05, 3.63) is 47.4 Å². The molecule has 6 nitrogen and oxygen atoms in total. The average molecular weight is 356 g/mol. The summed E-state index contributed by atoms with van der Waals surface area (Å²) in [7, 11) is 1.66. The van der Waals surface area contributed by atoms with Gasteiger partial charge < -0.3 is 15.4 Å². The topological polar surface area (TPSA) is 76.1 Å². The van der Waals surface area contributed by atoms with Gasteiger partial charge in [0.15, 0.2) is 0 Å².